The minimum Gasteiger partial charge on any atom is -0.508 e. The summed E-state index contributed by atoms with van der Waals surface area (Å²) in [4.78, 5) is 92.0. The predicted octanol–water partition coefficient (Wildman–Crippen LogP) is 6.34. The molecule has 15 heteroatoms. The van der Waals surface area contributed by atoms with Crippen LogP contribution in [0.1, 0.15) is 84.5 Å². The number of fused-ring (bicyclic) bond motifs is 3. The molecule has 3 saturated heterocycles. The molecular weight excluding hydrogens is 859 g/mol. The first-order chi connectivity index (χ1) is 32.6. The van der Waals surface area contributed by atoms with Crippen LogP contribution in [-0.4, -0.2) is 104 Å². The highest BCUT2D eigenvalue weighted by Gasteiger charge is 2.76. The van der Waals surface area contributed by atoms with Crippen molar-refractivity contribution in [3.8, 4) is 17.6 Å². The van der Waals surface area contributed by atoms with Crippen LogP contribution < -0.4 is 4.90 Å². The number of phenols is 1. The lowest BCUT2D eigenvalue weighted by molar-refractivity contribution is -0.179. The van der Waals surface area contributed by atoms with Crippen LogP contribution in [-0.2, 0) is 53.1 Å². The maximum Gasteiger partial charge on any atom is 0.421 e. The Morgan fingerprint density at radius 2 is 1.39 bits per heavy atom. The number of amides is 3. The lowest BCUT2D eigenvalue weighted by Crippen LogP contribution is -2.56. The number of methoxy groups -OCH3 is 3. The number of hydrogen-bond acceptors (Lipinski definition) is 13. The van der Waals surface area contributed by atoms with Gasteiger partial charge in [-0.1, -0.05) is 104 Å². The summed E-state index contributed by atoms with van der Waals surface area (Å²) in [6.45, 7) is 0.595. The first-order valence-electron chi connectivity index (χ1n) is 22.5. The number of anilines is 1. The van der Waals surface area contributed by atoms with Crippen molar-refractivity contribution in [2.45, 2.75) is 68.2 Å². The number of carbonyl (C=O) groups is 6. The summed E-state index contributed by atoms with van der Waals surface area (Å²) in [5, 5.41) is 10.7. The first-order valence-corrected chi connectivity index (χ1v) is 22.5. The Labute approximate surface area is 388 Å². The average molecular weight is 912 g/mol. The molecular formula is C52H53N3O12. The topological polar surface area (TPSA) is 179 Å². The van der Waals surface area contributed by atoms with E-state index in [9.17, 15) is 19.5 Å². The van der Waals surface area contributed by atoms with Gasteiger partial charge in [0.15, 0.2) is 5.92 Å². The molecule has 0 bridgehead atoms. The highest BCUT2D eigenvalue weighted by atomic mass is 16.6. The molecule has 0 unspecified atom stereocenters. The van der Waals surface area contributed by atoms with E-state index in [1.165, 1.54) is 19.2 Å². The molecule has 8 rings (SSSR count). The molecule has 348 valence electrons. The number of ether oxygens (including phenoxy) is 5. The van der Waals surface area contributed by atoms with Crippen molar-refractivity contribution in [2.75, 3.05) is 52.5 Å². The molecule has 3 fully saturated rings. The molecule has 4 aromatic carbocycles. The lowest BCUT2D eigenvalue weighted by Gasteiger charge is -2.46. The Morgan fingerprint density at radius 3 is 2.01 bits per heavy atom. The van der Waals surface area contributed by atoms with Gasteiger partial charge >= 0.3 is 24.0 Å². The fraction of sp³-hybridized carbons (Fsp3) is 0.385. The van der Waals surface area contributed by atoms with E-state index in [1.807, 2.05) is 65.6 Å². The van der Waals surface area contributed by atoms with E-state index in [0.29, 0.717) is 42.6 Å². The van der Waals surface area contributed by atoms with Crippen molar-refractivity contribution in [3.05, 3.63) is 131 Å². The molecule has 1 N–H and O–H groups in total. The molecule has 0 saturated carbocycles. The fourth-order valence-corrected chi connectivity index (χ4v) is 10.3. The number of cyclic esters (lactones) is 1. The quantitative estimate of drug-likeness (QED) is 0.0614. The van der Waals surface area contributed by atoms with E-state index in [4.69, 9.17) is 23.7 Å². The zero-order valence-electron chi connectivity index (χ0n) is 37.6. The Bertz CT molecular complexity index is 2540. The maximum absolute atomic E-state index is 16.4. The van der Waals surface area contributed by atoms with Gasteiger partial charge in [-0.3, -0.25) is 28.9 Å². The molecule has 67 heavy (non-hydrogen) atoms. The minimum atomic E-state index is -2.06. The summed E-state index contributed by atoms with van der Waals surface area (Å²) in [5.41, 5.74) is 0.461. The van der Waals surface area contributed by atoms with Gasteiger partial charge in [0.1, 0.15) is 29.9 Å². The summed E-state index contributed by atoms with van der Waals surface area (Å²) in [5.74, 6) is -0.619. The normalized spacial score (nSPS) is 23.6. The van der Waals surface area contributed by atoms with E-state index in [-0.39, 0.29) is 36.6 Å². The van der Waals surface area contributed by atoms with E-state index < -0.39 is 77.3 Å². The summed E-state index contributed by atoms with van der Waals surface area (Å²) in [7, 11) is 3.75. The average Bonchev–Trinajstić information content (AvgIpc) is 3.79. The molecule has 3 amide bonds. The zero-order valence-corrected chi connectivity index (χ0v) is 37.6. The first kappa shape index (κ1) is 46.5. The zero-order chi connectivity index (χ0) is 47.2. The van der Waals surface area contributed by atoms with Gasteiger partial charge in [0.2, 0.25) is 11.8 Å². The van der Waals surface area contributed by atoms with E-state index in [0.717, 1.165) is 43.9 Å². The third-order valence-electron chi connectivity index (χ3n) is 13.3. The number of benzene rings is 4. The van der Waals surface area contributed by atoms with Crippen molar-refractivity contribution in [3.63, 3.8) is 0 Å². The highest BCUT2D eigenvalue weighted by molar-refractivity contribution is 6.23. The molecule has 4 heterocycles. The smallest absolute Gasteiger partial charge is 0.421 e. The summed E-state index contributed by atoms with van der Waals surface area (Å²) in [6, 6.07) is 26.4. The number of esters is 3. The van der Waals surface area contributed by atoms with Gasteiger partial charge in [-0.15, -0.1) is 0 Å². The summed E-state index contributed by atoms with van der Waals surface area (Å²) < 4.78 is 27.1. The van der Waals surface area contributed by atoms with E-state index >= 15 is 14.4 Å². The van der Waals surface area contributed by atoms with Crippen molar-refractivity contribution in [2.24, 2.45) is 11.8 Å². The van der Waals surface area contributed by atoms with Crippen LogP contribution in [0.25, 0.3) is 0 Å². The van der Waals surface area contributed by atoms with Crippen molar-refractivity contribution < 1.29 is 57.6 Å². The van der Waals surface area contributed by atoms with Gasteiger partial charge in [-0.05, 0) is 65.4 Å². The largest absolute Gasteiger partial charge is 0.508 e. The minimum absolute atomic E-state index is 0.0337. The van der Waals surface area contributed by atoms with Gasteiger partial charge < -0.3 is 33.7 Å². The second-order valence-corrected chi connectivity index (χ2v) is 17.0. The number of aromatic hydroxyl groups is 1. The number of likely N-dealkylation sites (tertiary alicyclic amines) is 1. The van der Waals surface area contributed by atoms with E-state index in [2.05, 4.69) is 11.8 Å². The molecule has 0 radical (unpaired) electrons. The summed E-state index contributed by atoms with van der Waals surface area (Å²) in [6.07, 6.45) is 1.97. The molecule has 0 aliphatic carbocycles. The Hall–Kier alpha value is -7.02. The number of carbonyl (C=O) groups excluding carboxylic acids is 6. The number of rotatable bonds is 10. The Kier molecular flexibility index (Phi) is 14.0. The molecule has 4 aromatic rings. The Morgan fingerprint density at radius 1 is 0.761 bits per heavy atom. The van der Waals surface area contributed by atoms with Crippen molar-refractivity contribution in [1.29, 1.82) is 0 Å². The van der Waals surface area contributed by atoms with Gasteiger partial charge in [0.25, 0.3) is 0 Å². The molecule has 4 aliphatic rings. The number of hydrogen-bond donors (Lipinski definition) is 1. The standard InChI is InChI=1S/C52H53N3O12/c1-63-30-31-66-51(62)54-40-27-22-33(16-15-21-38(47(58)64-2)48(59)65-3)32-39(40)52(50(54)61)41(46(57)53-28-13-5-4-6-14-29-53)43-49(60)67-44(35-19-11-8-12-20-35)42(34-17-9-7-10-18-34)55(43)45(52)36-23-25-37(56)26-24-36/h7-12,17-20,22-27,32,38,41-45,56H,4-6,13-14,21,28-31H2,1-3H3/t41-,42-,43-,44+,45+,52-/m1/s1. The number of phenolic OH excluding ortho intramolecular Hbond substituents is 1. The van der Waals surface area contributed by atoms with Crippen molar-refractivity contribution >= 4 is 41.5 Å². The highest BCUT2D eigenvalue weighted by Crippen LogP contribution is 2.66. The fourth-order valence-electron chi connectivity index (χ4n) is 10.3. The van der Waals surface area contributed by atoms with E-state index in [1.54, 1.807) is 35.2 Å². The third-order valence-corrected chi connectivity index (χ3v) is 13.3. The molecule has 0 aromatic heterocycles. The number of nitrogens with zero attached hydrogens (tertiary/aromatic N) is 3. The molecule has 4 aliphatic heterocycles. The van der Waals surface area contributed by atoms with Crippen LogP contribution in [0.2, 0.25) is 0 Å². The van der Waals surface area contributed by atoms with Crippen molar-refractivity contribution in [1.82, 2.24) is 9.80 Å². The second-order valence-electron chi connectivity index (χ2n) is 17.0. The number of imide groups is 1. The van der Waals surface area contributed by atoms with Crippen LogP contribution >= 0.6 is 0 Å². The number of morpholine rings is 1. The van der Waals surface area contributed by atoms with Crippen LogP contribution in [0.3, 0.4) is 0 Å². The molecule has 1 spiro atoms. The third kappa shape index (κ3) is 8.63. The van der Waals surface area contributed by atoms with Crippen LogP contribution in [0, 0.1) is 23.7 Å². The van der Waals surface area contributed by atoms with Crippen LogP contribution in [0.4, 0.5) is 10.5 Å². The van der Waals surface area contributed by atoms with Gasteiger partial charge in [-0.25, -0.2) is 9.69 Å². The molecule has 15 nitrogen and oxygen atoms in total. The van der Waals surface area contributed by atoms with Gasteiger partial charge in [-0.2, -0.15) is 0 Å². The Balaban J connectivity index is 1.43. The van der Waals surface area contributed by atoms with Gasteiger partial charge in [0.05, 0.1) is 44.5 Å². The van der Waals surface area contributed by atoms with Gasteiger partial charge in [0, 0.05) is 32.2 Å². The summed E-state index contributed by atoms with van der Waals surface area (Å²) >= 11 is 0. The maximum atomic E-state index is 16.4. The lowest BCUT2D eigenvalue weighted by atomic mass is 9.64. The molecule has 6 atom stereocenters. The SMILES string of the molecule is COCCOC(=O)N1C(=O)[C@@]2(c3cc(C#CCC(C(=O)OC)C(=O)OC)ccc31)[C@H](c1ccc(O)cc1)N1[C@H](c3ccccc3)[C@H](c3ccccc3)OC(=O)[C@H]1[C@@H]2C(=O)N1CCCCCCC1. The van der Waals surface area contributed by atoms with Crippen LogP contribution in [0.5, 0.6) is 5.75 Å². The second kappa shape index (κ2) is 20.2. The van der Waals surface area contributed by atoms with Crippen LogP contribution in [0.15, 0.2) is 103 Å². The monoisotopic (exact) mass is 911 g/mol. The predicted molar refractivity (Wildman–Crippen MR) is 242 cm³/mol.